The second-order valence-electron chi connectivity index (χ2n) is 8.60. The van der Waals surface area contributed by atoms with Crippen molar-refractivity contribution in [3.63, 3.8) is 0 Å². The van der Waals surface area contributed by atoms with E-state index in [9.17, 15) is 19.5 Å². The van der Waals surface area contributed by atoms with Crippen LogP contribution in [0.2, 0.25) is 0 Å². The molecule has 2 saturated heterocycles. The first-order chi connectivity index (χ1) is 15.7. The number of likely N-dealkylation sites (N-methyl/N-ethyl adjacent to an activating group) is 1. The van der Waals surface area contributed by atoms with Crippen molar-refractivity contribution in [1.29, 1.82) is 0 Å². The van der Waals surface area contributed by atoms with Crippen LogP contribution in [-0.4, -0.2) is 93.9 Å². The number of anilines is 1. The van der Waals surface area contributed by atoms with Gasteiger partial charge in [-0.25, -0.2) is 9.78 Å². The van der Waals surface area contributed by atoms with Gasteiger partial charge in [-0.05, 0) is 19.3 Å². The minimum Gasteiger partial charge on any atom is -0.477 e. The average Bonchev–Trinajstić information content (AvgIpc) is 3.21. The van der Waals surface area contributed by atoms with Gasteiger partial charge in [0.05, 0.1) is 20.1 Å². The molecule has 13 heteroatoms. The van der Waals surface area contributed by atoms with Crippen LogP contribution in [0.1, 0.15) is 25.0 Å². The standard InChI is InChI=1S/C20H26N6O5S2/c1-26(6-4-3-5-7-26)8-11-9-32-18-14(17(28)25(18)15(11)19(29)30)23-16(27)13(24-31-2)12-10-33-20(21)22-12/h10,14,18H,3-9H2,1-2H3,(H3-,21,22,23,27,29,30)/p+1/b24-13-/t14?,18-/m0/s1. The maximum Gasteiger partial charge on any atom is 0.352 e. The number of hydrogen-bond donors (Lipinski definition) is 3. The molecule has 4 N–H and O–H groups in total. The van der Waals surface area contributed by atoms with Crippen LogP contribution in [0.15, 0.2) is 21.8 Å². The predicted octanol–water partition coefficient (Wildman–Crippen LogP) is 0.445. The molecule has 0 radical (unpaired) electrons. The summed E-state index contributed by atoms with van der Waals surface area (Å²) in [6.07, 6.45) is 3.44. The largest absolute Gasteiger partial charge is 0.477 e. The fraction of sp³-hybridized carbons (Fsp3) is 0.550. The number of aliphatic carboxylic acids is 1. The van der Waals surface area contributed by atoms with Gasteiger partial charge in [0.15, 0.2) is 10.8 Å². The van der Waals surface area contributed by atoms with Crippen LogP contribution in [0.4, 0.5) is 5.13 Å². The molecule has 0 saturated carbocycles. The molecule has 33 heavy (non-hydrogen) atoms. The van der Waals surface area contributed by atoms with Crippen molar-refractivity contribution in [3.8, 4) is 0 Å². The van der Waals surface area contributed by atoms with Crippen LogP contribution in [0.25, 0.3) is 0 Å². The Morgan fingerprint density at radius 3 is 2.73 bits per heavy atom. The highest BCUT2D eigenvalue weighted by molar-refractivity contribution is 8.00. The summed E-state index contributed by atoms with van der Waals surface area (Å²) in [5.74, 6) is -1.71. The Labute approximate surface area is 199 Å². The van der Waals surface area contributed by atoms with Gasteiger partial charge in [0.25, 0.3) is 11.8 Å². The van der Waals surface area contributed by atoms with Gasteiger partial charge in [-0.1, -0.05) is 5.16 Å². The van der Waals surface area contributed by atoms with Crippen molar-refractivity contribution >= 4 is 51.7 Å². The Hall–Kier alpha value is -2.64. The van der Waals surface area contributed by atoms with Crippen molar-refractivity contribution in [3.05, 3.63) is 22.3 Å². The number of quaternary nitrogens is 1. The number of amides is 2. The molecular weight excluding hydrogens is 468 g/mol. The monoisotopic (exact) mass is 495 g/mol. The predicted molar refractivity (Wildman–Crippen MR) is 124 cm³/mol. The Bertz CT molecular complexity index is 1030. The number of aromatic nitrogens is 1. The Balaban J connectivity index is 1.51. The molecule has 0 spiro atoms. The van der Waals surface area contributed by atoms with Crippen LogP contribution >= 0.6 is 23.1 Å². The van der Waals surface area contributed by atoms with E-state index >= 15 is 0 Å². The number of thioether (sulfide) groups is 1. The number of fused-ring (bicyclic) bond motifs is 1. The van der Waals surface area contributed by atoms with E-state index < -0.39 is 29.2 Å². The third-order valence-electron chi connectivity index (χ3n) is 6.17. The van der Waals surface area contributed by atoms with E-state index in [-0.39, 0.29) is 22.2 Å². The van der Waals surface area contributed by atoms with E-state index in [1.54, 1.807) is 5.38 Å². The van der Waals surface area contributed by atoms with E-state index in [2.05, 4.69) is 22.5 Å². The van der Waals surface area contributed by atoms with Crippen LogP contribution in [0.3, 0.4) is 0 Å². The lowest BCUT2D eigenvalue weighted by Gasteiger charge is -2.50. The number of carbonyl (C=O) groups excluding carboxylic acids is 2. The van der Waals surface area contributed by atoms with Crippen molar-refractivity contribution in [2.24, 2.45) is 5.16 Å². The molecule has 0 aliphatic carbocycles. The van der Waals surface area contributed by atoms with E-state index in [1.165, 1.54) is 30.2 Å². The molecule has 11 nitrogen and oxygen atoms in total. The number of nitrogen functional groups attached to an aromatic ring is 1. The zero-order valence-corrected chi connectivity index (χ0v) is 20.1. The van der Waals surface area contributed by atoms with Crippen molar-refractivity contribution in [2.45, 2.75) is 30.7 Å². The van der Waals surface area contributed by atoms with Gasteiger partial charge >= 0.3 is 5.97 Å². The number of carboxylic acid groups (broad SMARTS) is 1. The molecule has 2 fully saturated rings. The lowest BCUT2D eigenvalue weighted by molar-refractivity contribution is -0.909. The number of thiazole rings is 1. The number of likely N-dealkylation sites (tertiary alicyclic amines) is 1. The number of nitrogens with one attached hydrogen (secondary N) is 1. The molecule has 1 aromatic rings. The Kier molecular flexibility index (Phi) is 6.64. The summed E-state index contributed by atoms with van der Waals surface area (Å²) in [7, 11) is 3.44. The van der Waals surface area contributed by atoms with E-state index in [0.29, 0.717) is 12.3 Å². The number of nitrogens with zero attached hydrogens (tertiary/aromatic N) is 4. The maximum atomic E-state index is 13.0. The van der Waals surface area contributed by atoms with Crippen molar-refractivity contribution in [2.75, 3.05) is 45.3 Å². The second kappa shape index (κ2) is 9.31. The third-order valence-corrected chi connectivity index (χ3v) is 8.18. The summed E-state index contributed by atoms with van der Waals surface area (Å²) in [4.78, 5) is 48.1. The molecule has 0 aromatic carbocycles. The topological polar surface area (TPSA) is 147 Å². The van der Waals surface area contributed by atoms with Gasteiger partial charge in [0.2, 0.25) is 0 Å². The quantitative estimate of drug-likeness (QED) is 0.214. The summed E-state index contributed by atoms with van der Waals surface area (Å²) in [5.41, 5.74) is 6.61. The Morgan fingerprint density at radius 1 is 1.39 bits per heavy atom. The number of carbonyl (C=O) groups is 3. The van der Waals surface area contributed by atoms with Gasteiger partial charge in [0, 0.05) is 16.7 Å². The molecule has 3 aliphatic rings. The van der Waals surface area contributed by atoms with Crippen LogP contribution in [-0.2, 0) is 19.2 Å². The first-order valence-electron chi connectivity index (χ1n) is 10.6. The van der Waals surface area contributed by atoms with Crippen LogP contribution in [0.5, 0.6) is 0 Å². The number of piperidine rings is 1. The molecule has 4 rings (SSSR count). The van der Waals surface area contributed by atoms with Gasteiger partial charge in [0.1, 0.15) is 36.5 Å². The first-order valence-corrected chi connectivity index (χ1v) is 12.5. The molecule has 1 unspecified atom stereocenters. The lowest BCUT2D eigenvalue weighted by atomic mass is 10.0. The molecule has 2 amide bonds. The number of carboxylic acids is 1. The zero-order valence-electron chi connectivity index (χ0n) is 18.4. The Morgan fingerprint density at radius 2 is 2.12 bits per heavy atom. The summed E-state index contributed by atoms with van der Waals surface area (Å²) < 4.78 is 0.785. The van der Waals surface area contributed by atoms with Crippen molar-refractivity contribution < 1.29 is 28.8 Å². The fourth-order valence-electron chi connectivity index (χ4n) is 4.60. The number of hydrogen-bond acceptors (Lipinski definition) is 9. The molecule has 178 valence electrons. The summed E-state index contributed by atoms with van der Waals surface area (Å²) >= 11 is 2.61. The molecule has 1 aromatic heterocycles. The van der Waals surface area contributed by atoms with E-state index in [1.807, 2.05) is 0 Å². The summed E-state index contributed by atoms with van der Waals surface area (Å²) in [6, 6.07) is -0.865. The van der Waals surface area contributed by atoms with Gasteiger partial charge < -0.3 is 25.5 Å². The molecular formula is C20H27N6O5S2+. The lowest BCUT2D eigenvalue weighted by Crippen LogP contribution is -2.71. The highest BCUT2D eigenvalue weighted by Gasteiger charge is 2.55. The van der Waals surface area contributed by atoms with E-state index in [0.717, 1.165) is 47.3 Å². The van der Waals surface area contributed by atoms with Gasteiger partial charge in [-0.3, -0.25) is 14.5 Å². The average molecular weight is 496 g/mol. The SMILES string of the molecule is CO/N=C(\C(=O)NC1C(=O)N2C(C(=O)O)=C(C[N+]3(C)CCCCC3)CS[C@@H]12)c1csc(N)n1. The van der Waals surface area contributed by atoms with Crippen LogP contribution < -0.4 is 11.1 Å². The molecule has 3 aliphatic heterocycles. The molecule has 2 atom stereocenters. The van der Waals surface area contributed by atoms with Gasteiger partial charge in [-0.2, -0.15) is 0 Å². The fourth-order valence-corrected chi connectivity index (χ4v) is 6.48. The minimum atomic E-state index is -1.11. The van der Waals surface area contributed by atoms with Crippen LogP contribution in [0, 0.1) is 0 Å². The summed E-state index contributed by atoms with van der Waals surface area (Å²) in [6.45, 7) is 2.61. The van der Waals surface area contributed by atoms with E-state index in [4.69, 9.17) is 10.6 Å². The summed E-state index contributed by atoms with van der Waals surface area (Å²) in [5, 5.41) is 17.7. The third kappa shape index (κ3) is 4.57. The number of β-lactam (4-membered cyclic amide) rings is 1. The highest BCUT2D eigenvalue weighted by atomic mass is 32.2. The first kappa shape index (κ1) is 23.5. The molecule has 4 heterocycles. The number of oxime groups is 1. The maximum absolute atomic E-state index is 13.0. The minimum absolute atomic E-state index is 0.0530. The highest BCUT2D eigenvalue weighted by Crippen LogP contribution is 2.41. The van der Waals surface area contributed by atoms with Crippen molar-refractivity contribution in [1.82, 2.24) is 15.2 Å². The molecule has 0 bridgehead atoms. The normalized spacial score (nSPS) is 24.7. The second-order valence-corrected chi connectivity index (χ2v) is 10.6. The number of rotatable bonds is 7. The zero-order chi connectivity index (χ0) is 23.8. The smallest absolute Gasteiger partial charge is 0.352 e. The number of nitrogens with two attached hydrogens (primary N) is 1. The van der Waals surface area contributed by atoms with Gasteiger partial charge in [-0.15, -0.1) is 23.1 Å².